The number of benzene rings is 1. The summed E-state index contributed by atoms with van der Waals surface area (Å²) in [4.78, 5) is 16.8. The Hall–Kier alpha value is -1.90. The Morgan fingerprint density at radius 3 is 2.42 bits per heavy atom. The van der Waals surface area contributed by atoms with Crippen molar-refractivity contribution in [1.82, 2.24) is 4.98 Å². The van der Waals surface area contributed by atoms with E-state index in [1.807, 2.05) is 38.1 Å². The van der Waals surface area contributed by atoms with Crippen molar-refractivity contribution in [1.29, 1.82) is 0 Å². The molecule has 0 aliphatic rings. The number of rotatable bonds is 9. The van der Waals surface area contributed by atoms with E-state index in [4.69, 9.17) is 4.74 Å². The van der Waals surface area contributed by atoms with Crippen molar-refractivity contribution < 1.29 is 9.53 Å². The Bertz CT molecular complexity index is 679. The van der Waals surface area contributed by atoms with Crippen molar-refractivity contribution in [2.45, 2.75) is 72.1 Å². The summed E-state index contributed by atoms with van der Waals surface area (Å²) in [7, 11) is 0. The van der Waals surface area contributed by atoms with Gasteiger partial charge in [-0.25, -0.2) is 0 Å². The number of aromatic nitrogens is 1. The van der Waals surface area contributed by atoms with Crippen molar-refractivity contribution in [2.24, 2.45) is 0 Å². The van der Waals surface area contributed by atoms with Gasteiger partial charge in [-0.05, 0) is 32.4 Å². The predicted molar refractivity (Wildman–Crippen MR) is 99.5 cm³/mol. The summed E-state index contributed by atoms with van der Waals surface area (Å²) in [6, 6.07) is 7.82. The van der Waals surface area contributed by atoms with E-state index in [0.717, 1.165) is 35.0 Å². The molecule has 3 heteroatoms. The van der Waals surface area contributed by atoms with Gasteiger partial charge in [0, 0.05) is 23.1 Å². The number of carbonyl (C=O) groups excluding carboxylic acids is 1. The van der Waals surface area contributed by atoms with Crippen LogP contribution in [0.1, 0.15) is 69.5 Å². The Labute approximate surface area is 145 Å². The molecule has 0 N–H and O–H groups in total. The average Bonchev–Trinajstić information content (AvgIpc) is 2.58. The molecule has 0 amide bonds. The Morgan fingerprint density at radius 2 is 1.67 bits per heavy atom. The molecule has 24 heavy (non-hydrogen) atoms. The number of hydrogen-bond acceptors (Lipinski definition) is 3. The number of fused-ring (bicyclic) bond motifs is 1. The minimum atomic E-state index is -0.137. The number of aryl methyl sites for hydroxylation is 1. The quantitative estimate of drug-likeness (QED) is 0.425. The van der Waals surface area contributed by atoms with E-state index in [1.165, 1.54) is 32.1 Å². The zero-order valence-electron chi connectivity index (χ0n) is 15.2. The van der Waals surface area contributed by atoms with E-state index in [2.05, 4.69) is 11.9 Å². The molecular weight excluding hydrogens is 298 g/mol. The number of para-hydroxylation sites is 1. The van der Waals surface area contributed by atoms with Gasteiger partial charge >= 0.3 is 5.97 Å². The fourth-order valence-electron chi connectivity index (χ4n) is 2.92. The first-order chi connectivity index (χ1) is 11.6. The highest BCUT2D eigenvalue weighted by Gasteiger charge is 2.14. The molecule has 0 unspecified atom stereocenters. The zero-order chi connectivity index (χ0) is 17.4. The first kappa shape index (κ1) is 18.4. The number of hydrogen-bond donors (Lipinski definition) is 0. The third-order valence-corrected chi connectivity index (χ3v) is 4.52. The molecule has 3 nitrogen and oxygen atoms in total. The van der Waals surface area contributed by atoms with Crippen molar-refractivity contribution in [3.8, 4) is 5.75 Å². The van der Waals surface area contributed by atoms with Crippen molar-refractivity contribution in [3.63, 3.8) is 0 Å². The van der Waals surface area contributed by atoms with E-state index in [-0.39, 0.29) is 5.97 Å². The SMILES string of the molecule is CCCCCCCCCC(=O)Oc1c(C)c(C)nc2ccccc12. The molecule has 1 aromatic carbocycles. The minimum absolute atomic E-state index is 0.137. The van der Waals surface area contributed by atoms with Crippen LogP contribution in [0.25, 0.3) is 10.9 Å². The molecule has 0 saturated carbocycles. The number of pyridine rings is 1. The second-order valence-electron chi connectivity index (χ2n) is 6.51. The Morgan fingerprint density at radius 1 is 1.00 bits per heavy atom. The molecule has 0 atom stereocenters. The maximum Gasteiger partial charge on any atom is 0.311 e. The molecule has 1 heterocycles. The topological polar surface area (TPSA) is 39.2 Å². The molecule has 2 rings (SSSR count). The standard InChI is InChI=1S/C21H29NO2/c1-4-5-6-7-8-9-10-15-20(23)24-21-16(2)17(3)22-19-14-12-11-13-18(19)21/h11-14H,4-10,15H2,1-3H3. The van der Waals surface area contributed by atoms with Crippen LogP contribution in [-0.2, 0) is 4.79 Å². The zero-order valence-corrected chi connectivity index (χ0v) is 15.2. The van der Waals surface area contributed by atoms with Crippen LogP contribution in [0, 0.1) is 13.8 Å². The fourth-order valence-corrected chi connectivity index (χ4v) is 2.92. The maximum absolute atomic E-state index is 12.2. The average molecular weight is 327 g/mol. The van der Waals surface area contributed by atoms with Crippen molar-refractivity contribution in [3.05, 3.63) is 35.5 Å². The molecule has 0 bridgehead atoms. The van der Waals surface area contributed by atoms with Crippen LogP contribution in [0.5, 0.6) is 5.75 Å². The van der Waals surface area contributed by atoms with Gasteiger partial charge in [0.2, 0.25) is 0 Å². The fraction of sp³-hybridized carbons (Fsp3) is 0.524. The van der Waals surface area contributed by atoms with Crippen LogP contribution in [-0.4, -0.2) is 11.0 Å². The molecule has 2 aromatic rings. The van der Waals surface area contributed by atoms with E-state index < -0.39 is 0 Å². The maximum atomic E-state index is 12.2. The third-order valence-electron chi connectivity index (χ3n) is 4.52. The largest absolute Gasteiger partial charge is 0.425 e. The highest BCUT2D eigenvalue weighted by molar-refractivity contribution is 5.89. The van der Waals surface area contributed by atoms with Gasteiger partial charge in [-0.1, -0.05) is 57.6 Å². The molecule has 0 saturated heterocycles. The van der Waals surface area contributed by atoms with Gasteiger partial charge in [0.15, 0.2) is 0 Å². The summed E-state index contributed by atoms with van der Waals surface area (Å²) < 4.78 is 5.71. The van der Waals surface area contributed by atoms with Crippen LogP contribution in [0.4, 0.5) is 0 Å². The summed E-state index contributed by atoms with van der Waals surface area (Å²) in [6.45, 7) is 6.14. The first-order valence-corrected chi connectivity index (χ1v) is 9.20. The van der Waals surface area contributed by atoms with Gasteiger partial charge < -0.3 is 4.74 Å². The molecule has 0 spiro atoms. The lowest BCUT2D eigenvalue weighted by Crippen LogP contribution is -2.10. The molecule has 0 radical (unpaired) electrons. The highest BCUT2D eigenvalue weighted by Crippen LogP contribution is 2.30. The van der Waals surface area contributed by atoms with Gasteiger partial charge in [-0.15, -0.1) is 0 Å². The minimum Gasteiger partial charge on any atom is -0.425 e. The highest BCUT2D eigenvalue weighted by atomic mass is 16.5. The predicted octanol–water partition coefficient (Wildman–Crippen LogP) is 5.90. The molecule has 1 aromatic heterocycles. The smallest absolute Gasteiger partial charge is 0.311 e. The van der Waals surface area contributed by atoms with E-state index in [0.29, 0.717) is 12.2 Å². The van der Waals surface area contributed by atoms with Crippen LogP contribution in [0.3, 0.4) is 0 Å². The lowest BCUT2D eigenvalue weighted by Gasteiger charge is -2.12. The normalized spacial score (nSPS) is 11.0. The van der Waals surface area contributed by atoms with E-state index in [9.17, 15) is 4.79 Å². The molecule has 130 valence electrons. The van der Waals surface area contributed by atoms with Gasteiger partial charge in [0.05, 0.1) is 5.52 Å². The number of ether oxygens (including phenoxy) is 1. The van der Waals surface area contributed by atoms with E-state index >= 15 is 0 Å². The van der Waals surface area contributed by atoms with Crippen LogP contribution in [0.15, 0.2) is 24.3 Å². The van der Waals surface area contributed by atoms with E-state index in [1.54, 1.807) is 0 Å². The summed E-state index contributed by atoms with van der Waals surface area (Å²) in [6.07, 6.45) is 8.88. The summed E-state index contributed by atoms with van der Waals surface area (Å²) in [5.74, 6) is 0.536. The summed E-state index contributed by atoms with van der Waals surface area (Å²) in [5.41, 5.74) is 2.73. The van der Waals surface area contributed by atoms with Gasteiger partial charge in [0.1, 0.15) is 5.75 Å². The second kappa shape index (κ2) is 9.41. The lowest BCUT2D eigenvalue weighted by molar-refractivity contribution is -0.134. The lowest BCUT2D eigenvalue weighted by atomic mass is 10.1. The van der Waals surface area contributed by atoms with Gasteiger partial charge in [-0.2, -0.15) is 0 Å². The number of esters is 1. The van der Waals surface area contributed by atoms with Crippen LogP contribution < -0.4 is 4.74 Å². The summed E-state index contributed by atoms with van der Waals surface area (Å²) in [5, 5.41) is 0.911. The monoisotopic (exact) mass is 327 g/mol. The Balaban J connectivity index is 1.90. The van der Waals surface area contributed by atoms with Crippen molar-refractivity contribution in [2.75, 3.05) is 0 Å². The third kappa shape index (κ3) is 5.05. The summed E-state index contributed by atoms with van der Waals surface area (Å²) >= 11 is 0. The van der Waals surface area contributed by atoms with Crippen LogP contribution in [0.2, 0.25) is 0 Å². The van der Waals surface area contributed by atoms with Crippen molar-refractivity contribution >= 4 is 16.9 Å². The molecule has 0 aliphatic heterocycles. The first-order valence-electron chi connectivity index (χ1n) is 9.20. The van der Waals surface area contributed by atoms with Crippen LogP contribution >= 0.6 is 0 Å². The second-order valence-corrected chi connectivity index (χ2v) is 6.51. The van der Waals surface area contributed by atoms with Gasteiger partial charge in [-0.3, -0.25) is 9.78 Å². The molecule has 0 fully saturated rings. The number of unbranched alkanes of at least 4 members (excludes halogenated alkanes) is 6. The Kier molecular flexibility index (Phi) is 7.23. The molecule has 0 aliphatic carbocycles. The molecular formula is C21H29NO2. The van der Waals surface area contributed by atoms with Gasteiger partial charge in [0.25, 0.3) is 0 Å². The number of nitrogens with zero attached hydrogens (tertiary/aromatic N) is 1. The number of carbonyl (C=O) groups is 1.